The highest BCUT2D eigenvalue weighted by molar-refractivity contribution is 5.89. The maximum Gasteiger partial charge on any atom is 0.335 e. The second kappa shape index (κ2) is 10.9. The first-order chi connectivity index (χ1) is 19.4. The predicted octanol–water partition coefficient (Wildman–Crippen LogP) is 3.44. The largest absolute Gasteiger partial charge is 0.478 e. The van der Waals surface area contributed by atoms with Gasteiger partial charge in [0.2, 0.25) is 5.91 Å². The molecule has 9 heteroatoms. The number of piperidine rings is 1. The van der Waals surface area contributed by atoms with E-state index in [4.69, 9.17) is 0 Å². The van der Waals surface area contributed by atoms with Crippen molar-refractivity contribution in [1.82, 2.24) is 24.3 Å². The molecule has 2 N–H and O–H groups in total. The molecule has 2 aliphatic heterocycles. The van der Waals surface area contributed by atoms with Gasteiger partial charge in [-0.2, -0.15) is 0 Å². The number of carboxylic acid groups (broad SMARTS) is 1. The lowest BCUT2D eigenvalue weighted by molar-refractivity contribution is -0.136. The fraction of sp³-hybridized carbons (Fsp3) is 0.387. The summed E-state index contributed by atoms with van der Waals surface area (Å²) in [6.45, 7) is 4.08. The number of aromatic nitrogens is 2. The number of aromatic amines is 1. The Labute approximate surface area is 233 Å². The van der Waals surface area contributed by atoms with E-state index < -0.39 is 11.5 Å². The fourth-order valence-corrected chi connectivity index (χ4v) is 6.60. The van der Waals surface area contributed by atoms with Crippen LogP contribution in [0.15, 0.2) is 77.6 Å². The number of para-hydroxylation sites is 2. The third-order valence-corrected chi connectivity index (χ3v) is 8.68. The third-order valence-electron chi connectivity index (χ3n) is 8.68. The highest BCUT2D eigenvalue weighted by Crippen LogP contribution is 2.39. The number of nitrogens with one attached hydrogen (secondary N) is 1. The van der Waals surface area contributed by atoms with Crippen molar-refractivity contribution < 1.29 is 14.7 Å². The van der Waals surface area contributed by atoms with Crippen molar-refractivity contribution in [2.24, 2.45) is 0 Å². The van der Waals surface area contributed by atoms with Gasteiger partial charge in [-0.3, -0.25) is 14.3 Å². The van der Waals surface area contributed by atoms with Gasteiger partial charge in [-0.05, 0) is 62.1 Å². The number of amides is 1. The molecule has 2 aromatic carbocycles. The minimum absolute atomic E-state index is 0.0745. The van der Waals surface area contributed by atoms with Crippen molar-refractivity contribution in [2.75, 3.05) is 26.3 Å². The zero-order valence-electron chi connectivity index (χ0n) is 22.5. The number of carboxylic acids is 1. The number of allylic oxidation sites excluding steroid dienone is 2. The number of carbonyl (C=O) groups is 2. The molecule has 0 saturated carbocycles. The summed E-state index contributed by atoms with van der Waals surface area (Å²) in [4.78, 5) is 47.6. The number of imidazole rings is 1. The van der Waals surface area contributed by atoms with Crippen molar-refractivity contribution in [3.05, 3.63) is 94.4 Å². The Bertz CT molecular complexity index is 1530. The molecule has 1 aromatic heterocycles. The van der Waals surface area contributed by atoms with Gasteiger partial charge in [0, 0.05) is 32.2 Å². The number of hydrogen-bond donors (Lipinski definition) is 2. The summed E-state index contributed by atoms with van der Waals surface area (Å²) in [6, 6.07) is 14.8. The van der Waals surface area contributed by atoms with Crippen LogP contribution >= 0.6 is 0 Å². The minimum atomic E-state index is -0.964. The Morgan fingerprint density at radius 2 is 1.85 bits per heavy atom. The van der Waals surface area contributed by atoms with Crippen molar-refractivity contribution in [2.45, 2.75) is 50.4 Å². The first-order valence-corrected chi connectivity index (χ1v) is 14.1. The molecule has 1 atom stereocenters. The van der Waals surface area contributed by atoms with E-state index in [1.54, 1.807) is 18.2 Å². The van der Waals surface area contributed by atoms with Crippen LogP contribution in [-0.2, 0) is 17.9 Å². The number of likely N-dealkylation sites (tertiary alicyclic amines) is 1. The van der Waals surface area contributed by atoms with Crippen LogP contribution in [0.1, 0.15) is 41.6 Å². The summed E-state index contributed by atoms with van der Waals surface area (Å²) in [5.74, 6) is -0.824. The number of carbonyl (C=O) groups excluding carboxylic acids is 1. The second-order valence-corrected chi connectivity index (χ2v) is 11.1. The Balaban J connectivity index is 1.14. The van der Waals surface area contributed by atoms with Gasteiger partial charge in [0.1, 0.15) is 5.54 Å². The monoisotopic (exact) mass is 541 g/mol. The van der Waals surface area contributed by atoms with Crippen LogP contribution in [0.25, 0.3) is 11.0 Å². The SMILES string of the molecule is O=C(O)c1cccc(CN2CN(C3C=CC=CC3)C3(CCN(CCCn4c(=O)[nH]c5ccccc54)CC3)C2=O)c1. The van der Waals surface area contributed by atoms with E-state index in [1.807, 2.05) is 39.8 Å². The van der Waals surface area contributed by atoms with Gasteiger partial charge >= 0.3 is 11.7 Å². The van der Waals surface area contributed by atoms with Gasteiger partial charge in [0.15, 0.2) is 0 Å². The summed E-state index contributed by atoms with van der Waals surface area (Å²) < 4.78 is 1.81. The van der Waals surface area contributed by atoms with Crippen molar-refractivity contribution in [3.63, 3.8) is 0 Å². The smallest absolute Gasteiger partial charge is 0.335 e. The molecule has 3 aliphatic rings. The molecule has 2 fully saturated rings. The summed E-state index contributed by atoms with van der Waals surface area (Å²) >= 11 is 0. The first-order valence-electron chi connectivity index (χ1n) is 14.1. The zero-order chi connectivity index (χ0) is 27.7. The molecular formula is C31H35N5O4. The molecule has 1 spiro atoms. The lowest BCUT2D eigenvalue weighted by Gasteiger charge is -2.45. The van der Waals surface area contributed by atoms with Gasteiger partial charge in [-0.15, -0.1) is 0 Å². The lowest BCUT2D eigenvalue weighted by Crippen LogP contribution is -2.58. The molecule has 1 aliphatic carbocycles. The van der Waals surface area contributed by atoms with Gasteiger partial charge in [-0.25, -0.2) is 9.59 Å². The molecule has 2 saturated heterocycles. The van der Waals surface area contributed by atoms with Crippen molar-refractivity contribution in [1.29, 1.82) is 0 Å². The molecule has 3 aromatic rings. The third kappa shape index (κ3) is 4.91. The number of fused-ring (bicyclic) bond motifs is 1. The average molecular weight is 542 g/mol. The van der Waals surface area contributed by atoms with E-state index in [9.17, 15) is 19.5 Å². The maximum absolute atomic E-state index is 14.1. The van der Waals surface area contributed by atoms with E-state index in [0.29, 0.717) is 19.8 Å². The number of benzene rings is 2. The number of hydrogen-bond acceptors (Lipinski definition) is 5. The molecule has 40 heavy (non-hydrogen) atoms. The highest BCUT2D eigenvalue weighted by atomic mass is 16.4. The van der Waals surface area contributed by atoms with Gasteiger partial charge in [0.05, 0.1) is 23.3 Å². The standard InChI is InChI=1S/C31H35N5O4/c37-28(38)24-9-6-8-23(20-24)21-34-22-36(25-10-2-1-3-11-25)31(29(34)39)14-18-33(19-15-31)16-7-17-35-27-13-5-4-12-26(27)32-30(35)40/h1-6,8-10,12-13,20,25H,7,11,14-19,21-22H2,(H,32,40)(H,37,38). The molecular weight excluding hydrogens is 506 g/mol. The predicted molar refractivity (Wildman–Crippen MR) is 153 cm³/mol. The summed E-state index contributed by atoms with van der Waals surface area (Å²) in [7, 11) is 0. The van der Waals surface area contributed by atoms with E-state index in [0.717, 1.165) is 61.9 Å². The van der Waals surface area contributed by atoms with Gasteiger partial charge < -0.3 is 19.9 Å². The topological polar surface area (TPSA) is 102 Å². The fourth-order valence-electron chi connectivity index (χ4n) is 6.60. The Hall–Kier alpha value is -3.95. The van der Waals surface area contributed by atoms with Crippen molar-refractivity contribution in [3.8, 4) is 0 Å². The quantitative estimate of drug-likeness (QED) is 0.453. The number of aromatic carboxylic acids is 1. The van der Waals surface area contributed by atoms with E-state index in [-0.39, 0.29) is 23.2 Å². The van der Waals surface area contributed by atoms with Crippen LogP contribution in [0.5, 0.6) is 0 Å². The average Bonchev–Trinajstić information content (AvgIpc) is 3.43. The number of aryl methyl sites for hydroxylation is 1. The number of rotatable bonds is 8. The molecule has 3 heterocycles. The summed E-state index contributed by atoms with van der Waals surface area (Å²) in [5, 5.41) is 9.41. The van der Waals surface area contributed by atoms with E-state index in [1.165, 1.54) is 0 Å². The molecule has 6 rings (SSSR count). The Kier molecular flexibility index (Phi) is 7.16. The van der Waals surface area contributed by atoms with Crippen LogP contribution in [0.4, 0.5) is 0 Å². The summed E-state index contributed by atoms with van der Waals surface area (Å²) in [6.07, 6.45) is 11.7. The summed E-state index contributed by atoms with van der Waals surface area (Å²) in [5.41, 5.74) is 2.22. The first kappa shape index (κ1) is 26.3. The Morgan fingerprint density at radius 3 is 2.62 bits per heavy atom. The normalized spacial score (nSPS) is 21.1. The zero-order valence-corrected chi connectivity index (χ0v) is 22.5. The van der Waals surface area contributed by atoms with E-state index >= 15 is 0 Å². The van der Waals surface area contributed by atoms with Gasteiger partial charge in [-0.1, -0.05) is 48.6 Å². The molecule has 1 unspecified atom stereocenters. The van der Waals surface area contributed by atoms with Crippen LogP contribution in [0.2, 0.25) is 0 Å². The van der Waals surface area contributed by atoms with Crippen LogP contribution < -0.4 is 5.69 Å². The van der Waals surface area contributed by atoms with Crippen LogP contribution in [0, 0.1) is 0 Å². The lowest BCUT2D eigenvalue weighted by atomic mass is 9.84. The molecule has 0 bridgehead atoms. The van der Waals surface area contributed by atoms with Crippen molar-refractivity contribution >= 4 is 22.9 Å². The Morgan fingerprint density at radius 1 is 1.02 bits per heavy atom. The van der Waals surface area contributed by atoms with E-state index in [2.05, 4.69) is 39.1 Å². The van der Waals surface area contributed by atoms with Gasteiger partial charge in [0.25, 0.3) is 0 Å². The molecule has 208 valence electrons. The van der Waals surface area contributed by atoms with Crippen LogP contribution in [-0.4, -0.2) is 79.1 Å². The number of nitrogens with zero attached hydrogens (tertiary/aromatic N) is 4. The molecule has 0 radical (unpaired) electrons. The maximum atomic E-state index is 14.1. The highest BCUT2D eigenvalue weighted by Gasteiger charge is 2.54. The van der Waals surface area contributed by atoms with Crippen LogP contribution in [0.3, 0.4) is 0 Å². The molecule has 1 amide bonds. The minimum Gasteiger partial charge on any atom is -0.478 e. The second-order valence-electron chi connectivity index (χ2n) is 11.1. The molecule has 9 nitrogen and oxygen atoms in total. The number of H-pyrrole nitrogens is 1.